The highest BCUT2D eigenvalue weighted by atomic mass is 19.4. The maximum atomic E-state index is 11.7. The Kier molecular flexibility index (Phi) is 6.92. The van der Waals surface area contributed by atoms with Gasteiger partial charge in [-0.05, 0) is 25.8 Å². The maximum Gasteiger partial charge on any atom is 0.389 e. The summed E-state index contributed by atoms with van der Waals surface area (Å²) in [6.07, 6.45) is -3.07. The molecular formula is C9H19F3N2. The molecule has 1 unspecified atom stereocenters. The second kappa shape index (κ2) is 7.06. The molecule has 0 aliphatic heterocycles. The van der Waals surface area contributed by atoms with Crippen LogP contribution in [0, 0.1) is 0 Å². The van der Waals surface area contributed by atoms with E-state index < -0.39 is 12.6 Å². The van der Waals surface area contributed by atoms with Gasteiger partial charge in [0, 0.05) is 19.0 Å². The van der Waals surface area contributed by atoms with E-state index in [0.29, 0.717) is 19.5 Å². The molecule has 0 bridgehead atoms. The Morgan fingerprint density at radius 3 is 2.43 bits per heavy atom. The molecule has 0 fully saturated rings. The molecule has 0 aromatic rings. The molecule has 0 amide bonds. The number of rotatable bonds is 7. The van der Waals surface area contributed by atoms with Gasteiger partial charge in [-0.25, -0.2) is 0 Å². The first-order chi connectivity index (χ1) is 6.45. The molecule has 0 aromatic carbocycles. The average Bonchev–Trinajstić information content (AvgIpc) is 2.08. The topological polar surface area (TPSA) is 38.0 Å². The fraction of sp³-hybridized carbons (Fsp3) is 1.00. The van der Waals surface area contributed by atoms with Crippen LogP contribution in [0.25, 0.3) is 0 Å². The van der Waals surface area contributed by atoms with Gasteiger partial charge in [0.1, 0.15) is 0 Å². The molecule has 5 heteroatoms. The fourth-order valence-corrected chi connectivity index (χ4v) is 1.01. The molecule has 0 radical (unpaired) electrons. The molecule has 2 nitrogen and oxygen atoms in total. The molecule has 0 rings (SSSR count). The second-order valence-corrected chi connectivity index (χ2v) is 3.44. The van der Waals surface area contributed by atoms with Gasteiger partial charge in [-0.2, -0.15) is 13.2 Å². The van der Waals surface area contributed by atoms with Gasteiger partial charge in [0.05, 0.1) is 0 Å². The van der Waals surface area contributed by atoms with Crippen LogP contribution in [0.1, 0.15) is 32.6 Å². The largest absolute Gasteiger partial charge is 0.389 e. The molecule has 0 saturated carbocycles. The predicted octanol–water partition coefficient (Wildman–Crippen LogP) is 2.05. The van der Waals surface area contributed by atoms with Crippen LogP contribution in [0.4, 0.5) is 13.2 Å². The number of nitrogens with one attached hydrogen (secondary N) is 1. The summed E-state index contributed by atoms with van der Waals surface area (Å²) in [5.74, 6) is 0. The van der Waals surface area contributed by atoms with E-state index in [0.717, 1.165) is 6.42 Å². The number of unbranched alkanes of at least 4 members (excludes halogenated alkanes) is 1. The van der Waals surface area contributed by atoms with Gasteiger partial charge < -0.3 is 11.1 Å². The van der Waals surface area contributed by atoms with Crippen LogP contribution < -0.4 is 11.1 Å². The summed E-state index contributed by atoms with van der Waals surface area (Å²) in [6, 6.07) is 0.109. The number of nitrogens with two attached hydrogens (primary N) is 1. The summed E-state index contributed by atoms with van der Waals surface area (Å²) >= 11 is 0. The summed E-state index contributed by atoms with van der Waals surface area (Å²) in [5, 5.41) is 3.03. The van der Waals surface area contributed by atoms with E-state index in [1.165, 1.54) is 0 Å². The summed E-state index contributed by atoms with van der Waals surface area (Å²) in [7, 11) is 0. The highest BCUT2D eigenvalue weighted by Crippen LogP contribution is 2.21. The van der Waals surface area contributed by atoms with Crippen LogP contribution in [0.3, 0.4) is 0 Å². The van der Waals surface area contributed by atoms with Gasteiger partial charge in [-0.3, -0.25) is 0 Å². The van der Waals surface area contributed by atoms with Crippen LogP contribution in [0.5, 0.6) is 0 Å². The maximum absolute atomic E-state index is 11.7. The highest BCUT2D eigenvalue weighted by Gasteiger charge is 2.25. The Bertz CT molecular complexity index is 137. The minimum Gasteiger partial charge on any atom is -0.327 e. The molecule has 86 valence electrons. The van der Waals surface area contributed by atoms with Crippen LogP contribution in [-0.2, 0) is 0 Å². The Morgan fingerprint density at radius 1 is 1.29 bits per heavy atom. The first-order valence-electron chi connectivity index (χ1n) is 4.98. The number of halogens is 3. The quantitative estimate of drug-likeness (QED) is 0.634. The Balaban J connectivity index is 3.14. The average molecular weight is 212 g/mol. The molecular weight excluding hydrogens is 193 g/mol. The van der Waals surface area contributed by atoms with E-state index in [1.807, 2.05) is 6.92 Å². The number of hydrogen-bond donors (Lipinski definition) is 2. The van der Waals surface area contributed by atoms with E-state index in [-0.39, 0.29) is 12.5 Å². The summed E-state index contributed by atoms with van der Waals surface area (Å²) < 4.78 is 35.1. The van der Waals surface area contributed by atoms with Crippen molar-refractivity contribution in [1.29, 1.82) is 0 Å². The van der Waals surface area contributed by atoms with E-state index in [9.17, 15) is 13.2 Å². The van der Waals surface area contributed by atoms with Crippen LogP contribution in [0.2, 0.25) is 0 Å². The lowest BCUT2D eigenvalue weighted by atomic mass is 10.2. The Morgan fingerprint density at radius 2 is 1.93 bits per heavy atom. The smallest absolute Gasteiger partial charge is 0.327 e. The van der Waals surface area contributed by atoms with Crippen molar-refractivity contribution in [2.24, 2.45) is 5.73 Å². The SMILES string of the molecule is CCC(N)CNCCCCC(F)(F)F. The lowest BCUT2D eigenvalue weighted by molar-refractivity contribution is -0.135. The molecule has 0 heterocycles. The molecule has 0 spiro atoms. The second-order valence-electron chi connectivity index (χ2n) is 3.44. The molecule has 0 aromatic heterocycles. The minimum atomic E-state index is -4.01. The predicted molar refractivity (Wildman–Crippen MR) is 51.0 cm³/mol. The highest BCUT2D eigenvalue weighted by molar-refractivity contribution is 4.62. The summed E-state index contributed by atoms with van der Waals surface area (Å²) in [5.41, 5.74) is 5.61. The third-order valence-electron chi connectivity index (χ3n) is 1.99. The summed E-state index contributed by atoms with van der Waals surface area (Å²) in [4.78, 5) is 0. The van der Waals surface area contributed by atoms with E-state index in [1.54, 1.807) is 0 Å². The van der Waals surface area contributed by atoms with E-state index >= 15 is 0 Å². The lowest BCUT2D eigenvalue weighted by Crippen LogP contribution is -2.33. The Hall–Kier alpha value is -0.290. The first-order valence-corrected chi connectivity index (χ1v) is 4.98. The number of alkyl halides is 3. The normalized spacial score (nSPS) is 14.4. The molecule has 0 aliphatic carbocycles. The molecule has 0 saturated heterocycles. The van der Waals surface area contributed by atoms with Gasteiger partial charge >= 0.3 is 6.18 Å². The zero-order valence-electron chi connectivity index (χ0n) is 8.53. The molecule has 3 N–H and O–H groups in total. The van der Waals surface area contributed by atoms with Crippen molar-refractivity contribution in [3.05, 3.63) is 0 Å². The lowest BCUT2D eigenvalue weighted by Gasteiger charge is -2.10. The Labute approximate surface area is 83.0 Å². The van der Waals surface area contributed by atoms with Crippen molar-refractivity contribution in [3.8, 4) is 0 Å². The van der Waals surface area contributed by atoms with Crippen molar-refractivity contribution in [2.75, 3.05) is 13.1 Å². The van der Waals surface area contributed by atoms with Crippen molar-refractivity contribution < 1.29 is 13.2 Å². The third kappa shape index (κ3) is 9.80. The minimum absolute atomic E-state index is 0.109. The third-order valence-corrected chi connectivity index (χ3v) is 1.99. The van der Waals surface area contributed by atoms with Gasteiger partial charge in [0.15, 0.2) is 0 Å². The zero-order valence-corrected chi connectivity index (χ0v) is 8.53. The van der Waals surface area contributed by atoms with Crippen molar-refractivity contribution in [3.63, 3.8) is 0 Å². The van der Waals surface area contributed by atoms with Gasteiger partial charge in [0.25, 0.3) is 0 Å². The zero-order chi connectivity index (χ0) is 11.0. The van der Waals surface area contributed by atoms with Gasteiger partial charge in [0.2, 0.25) is 0 Å². The molecule has 0 aliphatic rings. The van der Waals surface area contributed by atoms with Crippen LogP contribution in [-0.4, -0.2) is 25.3 Å². The van der Waals surface area contributed by atoms with E-state index in [4.69, 9.17) is 5.73 Å². The van der Waals surface area contributed by atoms with E-state index in [2.05, 4.69) is 5.32 Å². The standard InChI is InChI=1S/C9H19F3N2/c1-2-8(13)7-14-6-4-3-5-9(10,11)12/h8,14H,2-7,13H2,1H3. The van der Waals surface area contributed by atoms with Gasteiger partial charge in [-0.1, -0.05) is 6.92 Å². The summed E-state index contributed by atoms with van der Waals surface area (Å²) in [6.45, 7) is 3.28. The number of hydrogen-bond acceptors (Lipinski definition) is 2. The monoisotopic (exact) mass is 212 g/mol. The fourth-order valence-electron chi connectivity index (χ4n) is 1.01. The van der Waals surface area contributed by atoms with Gasteiger partial charge in [-0.15, -0.1) is 0 Å². The van der Waals surface area contributed by atoms with Crippen molar-refractivity contribution >= 4 is 0 Å². The van der Waals surface area contributed by atoms with Crippen molar-refractivity contribution in [1.82, 2.24) is 5.32 Å². The van der Waals surface area contributed by atoms with Crippen molar-refractivity contribution in [2.45, 2.75) is 44.8 Å². The van der Waals surface area contributed by atoms with Crippen LogP contribution >= 0.6 is 0 Å². The molecule has 14 heavy (non-hydrogen) atoms. The molecule has 1 atom stereocenters. The van der Waals surface area contributed by atoms with Crippen LogP contribution in [0.15, 0.2) is 0 Å². The first kappa shape index (κ1) is 13.7.